The predicted molar refractivity (Wildman–Crippen MR) is 57.4 cm³/mol. The average Bonchev–Trinajstić information content (AvgIpc) is 2.59. The Morgan fingerprint density at radius 2 is 2.21 bits per heavy atom. The van der Waals surface area contributed by atoms with Crippen LogP contribution in [0, 0.1) is 6.92 Å². The van der Waals surface area contributed by atoms with Gasteiger partial charge in [-0.2, -0.15) is 0 Å². The number of hydrogen-bond acceptors (Lipinski definition) is 2. The van der Waals surface area contributed by atoms with Crippen LogP contribution in [0.5, 0.6) is 0 Å². The first-order valence-corrected chi connectivity index (χ1v) is 5.14. The van der Waals surface area contributed by atoms with Crippen LogP contribution < -0.4 is 0 Å². The summed E-state index contributed by atoms with van der Waals surface area (Å²) in [5, 5.41) is 1.12. The van der Waals surface area contributed by atoms with E-state index in [2.05, 4.69) is 18.0 Å². The smallest absolute Gasteiger partial charge is 0.140 e. The molecule has 2 nitrogen and oxygen atoms in total. The van der Waals surface area contributed by atoms with Crippen molar-refractivity contribution in [3.8, 4) is 0 Å². The van der Waals surface area contributed by atoms with Crippen molar-refractivity contribution in [2.75, 3.05) is 0 Å². The van der Waals surface area contributed by atoms with Gasteiger partial charge in [0.25, 0.3) is 0 Å². The number of aromatic nitrogens is 1. The number of unbranched alkanes of at least 4 members (excludes halogenated alkanes) is 1. The minimum absolute atomic E-state index is 0.992. The predicted octanol–water partition coefficient (Wildman–Crippen LogP) is 3.48. The number of pyridine rings is 1. The molecule has 0 unspecified atom stereocenters. The number of nitrogens with zero attached hydrogens (tertiary/aromatic N) is 1. The molecule has 0 saturated heterocycles. The maximum atomic E-state index is 5.76. The second-order valence-electron chi connectivity index (χ2n) is 3.69. The first-order chi connectivity index (χ1) is 6.81. The fourth-order valence-corrected chi connectivity index (χ4v) is 1.62. The maximum Gasteiger partial charge on any atom is 0.140 e. The summed E-state index contributed by atoms with van der Waals surface area (Å²) in [5.41, 5.74) is 2.11. The molecule has 2 rings (SSSR count). The standard InChI is InChI=1S/C12H15NO/c1-3-4-5-11-6-10-8-13-7-9(2)12(10)14-11/h6-8H,3-5H2,1-2H3. The molecule has 0 spiro atoms. The highest BCUT2D eigenvalue weighted by molar-refractivity contribution is 5.79. The number of rotatable bonds is 3. The largest absolute Gasteiger partial charge is 0.461 e. The average molecular weight is 189 g/mol. The lowest BCUT2D eigenvalue weighted by Gasteiger charge is -1.93. The molecule has 2 aromatic heterocycles. The van der Waals surface area contributed by atoms with Gasteiger partial charge in [0.2, 0.25) is 0 Å². The van der Waals surface area contributed by atoms with Crippen LogP contribution in [0.4, 0.5) is 0 Å². The van der Waals surface area contributed by atoms with Gasteiger partial charge < -0.3 is 4.42 Å². The molecule has 0 fully saturated rings. The first kappa shape index (κ1) is 9.25. The summed E-state index contributed by atoms with van der Waals surface area (Å²) in [4.78, 5) is 4.15. The van der Waals surface area contributed by atoms with Gasteiger partial charge in [-0.3, -0.25) is 4.98 Å². The molecule has 14 heavy (non-hydrogen) atoms. The minimum Gasteiger partial charge on any atom is -0.461 e. The zero-order chi connectivity index (χ0) is 9.97. The SMILES string of the molecule is CCCCc1cc2cncc(C)c2o1. The summed E-state index contributed by atoms with van der Waals surface area (Å²) in [5.74, 6) is 1.08. The van der Waals surface area contributed by atoms with E-state index in [0.717, 1.165) is 28.7 Å². The van der Waals surface area contributed by atoms with Gasteiger partial charge in [-0.15, -0.1) is 0 Å². The van der Waals surface area contributed by atoms with Crippen LogP contribution in [0.3, 0.4) is 0 Å². The third-order valence-corrected chi connectivity index (χ3v) is 2.43. The normalized spacial score (nSPS) is 11.0. The molecule has 0 amide bonds. The summed E-state index contributed by atoms with van der Waals surface area (Å²) in [7, 11) is 0. The van der Waals surface area contributed by atoms with Crippen molar-refractivity contribution in [3.05, 3.63) is 29.8 Å². The Labute approximate surface area is 84.0 Å². The number of hydrogen-bond donors (Lipinski definition) is 0. The van der Waals surface area contributed by atoms with Crippen molar-refractivity contribution < 1.29 is 4.42 Å². The quantitative estimate of drug-likeness (QED) is 0.738. The lowest BCUT2D eigenvalue weighted by atomic mass is 10.2. The third-order valence-electron chi connectivity index (χ3n) is 2.43. The molecule has 0 aliphatic carbocycles. The molecular weight excluding hydrogens is 174 g/mol. The van der Waals surface area contributed by atoms with E-state index < -0.39 is 0 Å². The Kier molecular flexibility index (Phi) is 2.53. The van der Waals surface area contributed by atoms with E-state index in [0.29, 0.717) is 0 Å². The van der Waals surface area contributed by atoms with Crippen LogP contribution in [0.2, 0.25) is 0 Å². The Balaban J connectivity index is 2.36. The lowest BCUT2D eigenvalue weighted by Crippen LogP contribution is -1.78. The van der Waals surface area contributed by atoms with E-state index in [9.17, 15) is 0 Å². The highest BCUT2D eigenvalue weighted by Gasteiger charge is 2.05. The Morgan fingerprint density at radius 1 is 1.36 bits per heavy atom. The summed E-state index contributed by atoms with van der Waals surface area (Å²) < 4.78 is 5.76. The van der Waals surface area contributed by atoms with Crippen LogP contribution >= 0.6 is 0 Å². The molecule has 0 aliphatic rings. The van der Waals surface area contributed by atoms with Crippen LogP contribution in [-0.2, 0) is 6.42 Å². The Hall–Kier alpha value is -1.31. The summed E-state index contributed by atoms with van der Waals surface area (Å²) in [6, 6.07) is 2.10. The van der Waals surface area contributed by atoms with Crippen molar-refractivity contribution in [1.29, 1.82) is 0 Å². The molecule has 0 atom stereocenters. The molecule has 0 bridgehead atoms. The minimum atomic E-state index is 0.992. The monoisotopic (exact) mass is 189 g/mol. The van der Waals surface area contributed by atoms with Crippen molar-refractivity contribution in [3.63, 3.8) is 0 Å². The molecule has 0 radical (unpaired) electrons. The fourth-order valence-electron chi connectivity index (χ4n) is 1.62. The first-order valence-electron chi connectivity index (χ1n) is 5.14. The molecule has 0 aromatic carbocycles. The Morgan fingerprint density at radius 3 is 2.93 bits per heavy atom. The van der Waals surface area contributed by atoms with Crippen LogP contribution in [0.1, 0.15) is 31.1 Å². The van der Waals surface area contributed by atoms with Gasteiger partial charge in [0.1, 0.15) is 11.3 Å². The van der Waals surface area contributed by atoms with Gasteiger partial charge in [-0.05, 0) is 19.4 Å². The molecular formula is C12H15NO. The van der Waals surface area contributed by atoms with Gasteiger partial charge in [-0.1, -0.05) is 13.3 Å². The van der Waals surface area contributed by atoms with E-state index in [4.69, 9.17) is 4.42 Å². The zero-order valence-corrected chi connectivity index (χ0v) is 8.71. The fraction of sp³-hybridized carbons (Fsp3) is 0.417. The van der Waals surface area contributed by atoms with Gasteiger partial charge in [0, 0.05) is 29.8 Å². The van der Waals surface area contributed by atoms with E-state index >= 15 is 0 Å². The van der Waals surface area contributed by atoms with Crippen LogP contribution in [0.15, 0.2) is 22.9 Å². The zero-order valence-electron chi connectivity index (χ0n) is 8.71. The van der Waals surface area contributed by atoms with Crippen LogP contribution in [0.25, 0.3) is 11.0 Å². The van der Waals surface area contributed by atoms with Crippen molar-refractivity contribution in [1.82, 2.24) is 4.98 Å². The highest BCUT2D eigenvalue weighted by Crippen LogP contribution is 2.22. The molecule has 0 N–H and O–H groups in total. The molecule has 2 heteroatoms. The number of furan rings is 1. The van der Waals surface area contributed by atoms with E-state index in [-0.39, 0.29) is 0 Å². The van der Waals surface area contributed by atoms with Gasteiger partial charge in [0.15, 0.2) is 0 Å². The lowest BCUT2D eigenvalue weighted by molar-refractivity contribution is 0.535. The number of fused-ring (bicyclic) bond motifs is 1. The summed E-state index contributed by atoms with van der Waals surface area (Å²) >= 11 is 0. The molecule has 74 valence electrons. The molecule has 2 heterocycles. The van der Waals surface area contributed by atoms with Gasteiger partial charge in [0.05, 0.1) is 0 Å². The number of aryl methyl sites for hydroxylation is 2. The second kappa shape index (κ2) is 3.82. The summed E-state index contributed by atoms with van der Waals surface area (Å²) in [6.07, 6.45) is 7.13. The van der Waals surface area contributed by atoms with Gasteiger partial charge >= 0.3 is 0 Å². The van der Waals surface area contributed by atoms with Crippen molar-refractivity contribution in [2.45, 2.75) is 33.1 Å². The highest BCUT2D eigenvalue weighted by atomic mass is 16.3. The molecule has 0 aliphatic heterocycles. The third kappa shape index (κ3) is 1.65. The van der Waals surface area contributed by atoms with E-state index in [1.54, 1.807) is 0 Å². The molecule has 2 aromatic rings. The Bertz CT molecular complexity index is 431. The van der Waals surface area contributed by atoms with Gasteiger partial charge in [-0.25, -0.2) is 0 Å². The maximum absolute atomic E-state index is 5.76. The second-order valence-corrected chi connectivity index (χ2v) is 3.69. The summed E-state index contributed by atoms with van der Waals surface area (Å²) in [6.45, 7) is 4.22. The van der Waals surface area contributed by atoms with Crippen molar-refractivity contribution >= 4 is 11.0 Å². The van der Waals surface area contributed by atoms with E-state index in [1.807, 2.05) is 19.3 Å². The van der Waals surface area contributed by atoms with Crippen molar-refractivity contribution in [2.24, 2.45) is 0 Å². The van der Waals surface area contributed by atoms with Crippen LogP contribution in [-0.4, -0.2) is 4.98 Å². The van der Waals surface area contributed by atoms with E-state index in [1.165, 1.54) is 12.8 Å². The molecule has 0 saturated carbocycles. The topological polar surface area (TPSA) is 26.0 Å².